The van der Waals surface area contributed by atoms with Crippen molar-refractivity contribution in [3.8, 4) is 0 Å². The van der Waals surface area contributed by atoms with Gasteiger partial charge in [0.15, 0.2) is 0 Å². The van der Waals surface area contributed by atoms with E-state index in [1.807, 2.05) is 0 Å². The van der Waals surface area contributed by atoms with E-state index >= 15 is 0 Å². The normalized spacial score (nSPS) is 32.7. The van der Waals surface area contributed by atoms with Crippen LogP contribution in [0, 0.1) is 5.92 Å². The van der Waals surface area contributed by atoms with Crippen molar-refractivity contribution >= 4 is 0 Å². The molecule has 1 rings (SSSR count). The summed E-state index contributed by atoms with van der Waals surface area (Å²) in [6, 6.07) is 0.767. The van der Waals surface area contributed by atoms with E-state index in [9.17, 15) is 0 Å². The standard InChI is InChI=1S/C9H20N2/c1-4-11(3)9-5-8(2)6-10-7-9/h8-10H,4-7H2,1-3H3. The highest BCUT2D eigenvalue weighted by Crippen LogP contribution is 2.13. The fourth-order valence-electron chi connectivity index (χ4n) is 1.72. The summed E-state index contributed by atoms with van der Waals surface area (Å²) >= 11 is 0. The lowest BCUT2D eigenvalue weighted by Gasteiger charge is -2.33. The van der Waals surface area contributed by atoms with Gasteiger partial charge in [-0.3, -0.25) is 0 Å². The van der Waals surface area contributed by atoms with Crippen LogP contribution in [0.5, 0.6) is 0 Å². The third-order valence-electron chi connectivity index (χ3n) is 2.67. The van der Waals surface area contributed by atoms with Crippen LogP contribution in [0.15, 0.2) is 0 Å². The summed E-state index contributed by atoms with van der Waals surface area (Å²) in [7, 11) is 2.21. The highest BCUT2D eigenvalue weighted by molar-refractivity contribution is 4.79. The molecule has 0 aliphatic carbocycles. The number of nitrogens with zero attached hydrogens (tertiary/aromatic N) is 1. The molecule has 0 aromatic carbocycles. The van der Waals surface area contributed by atoms with E-state index in [0.29, 0.717) is 0 Å². The SMILES string of the molecule is CCN(C)C1CNCC(C)C1. The van der Waals surface area contributed by atoms with Crippen LogP contribution in [0.3, 0.4) is 0 Å². The van der Waals surface area contributed by atoms with E-state index in [0.717, 1.165) is 12.0 Å². The molecule has 0 saturated carbocycles. The molecule has 66 valence electrons. The molecule has 2 heteroatoms. The van der Waals surface area contributed by atoms with E-state index in [1.54, 1.807) is 0 Å². The molecular weight excluding hydrogens is 136 g/mol. The summed E-state index contributed by atoms with van der Waals surface area (Å²) in [4.78, 5) is 2.43. The summed E-state index contributed by atoms with van der Waals surface area (Å²) in [6.45, 7) is 8.09. The molecule has 1 saturated heterocycles. The molecule has 1 aliphatic heterocycles. The van der Waals surface area contributed by atoms with Gasteiger partial charge in [-0.1, -0.05) is 13.8 Å². The van der Waals surface area contributed by atoms with Gasteiger partial charge in [0, 0.05) is 12.6 Å². The average Bonchev–Trinajstić information content (AvgIpc) is 2.03. The summed E-state index contributed by atoms with van der Waals surface area (Å²) in [5, 5.41) is 3.46. The summed E-state index contributed by atoms with van der Waals surface area (Å²) in [5.74, 6) is 0.850. The Morgan fingerprint density at radius 2 is 2.18 bits per heavy atom. The van der Waals surface area contributed by atoms with Crippen LogP contribution in [0.25, 0.3) is 0 Å². The highest BCUT2D eigenvalue weighted by Gasteiger charge is 2.20. The van der Waals surface area contributed by atoms with Gasteiger partial charge in [0.05, 0.1) is 0 Å². The predicted octanol–water partition coefficient (Wildman–Crippen LogP) is 0.936. The van der Waals surface area contributed by atoms with E-state index in [1.165, 1.54) is 26.1 Å². The molecule has 0 spiro atoms. The highest BCUT2D eigenvalue weighted by atomic mass is 15.1. The fourth-order valence-corrected chi connectivity index (χ4v) is 1.72. The smallest absolute Gasteiger partial charge is 0.0220 e. The Balaban J connectivity index is 2.33. The van der Waals surface area contributed by atoms with Crippen molar-refractivity contribution < 1.29 is 0 Å². The van der Waals surface area contributed by atoms with Gasteiger partial charge in [0.2, 0.25) is 0 Å². The van der Waals surface area contributed by atoms with Crippen molar-refractivity contribution in [2.75, 3.05) is 26.7 Å². The molecule has 0 radical (unpaired) electrons. The minimum absolute atomic E-state index is 0.767. The molecule has 0 bridgehead atoms. The number of nitrogens with one attached hydrogen (secondary N) is 1. The van der Waals surface area contributed by atoms with Crippen molar-refractivity contribution in [3.05, 3.63) is 0 Å². The second kappa shape index (κ2) is 4.07. The van der Waals surface area contributed by atoms with Crippen LogP contribution >= 0.6 is 0 Å². The van der Waals surface area contributed by atoms with Crippen LogP contribution in [0.2, 0.25) is 0 Å². The van der Waals surface area contributed by atoms with Gasteiger partial charge in [-0.15, -0.1) is 0 Å². The Morgan fingerprint density at radius 3 is 2.73 bits per heavy atom. The average molecular weight is 156 g/mol. The summed E-state index contributed by atoms with van der Waals surface area (Å²) in [5.41, 5.74) is 0. The first-order valence-electron chi connectivity index (χ1n) is 4.65. The Labute approximate surface area is 70.0 Å². The van der Waals surface area contributed by atoms with E-state index in [4.69, 9.17) is 0 Å². The molecule has 0 aromatic heterocycles. The maximum absolute atomic E-state index is 3.46. The number of piperidine rings is 1. The Kier molecular flexibility index (Phi) is 3.34. The lowest BCUT2D eigenvalue weighted by atomic mass is 9.97. The van der Waals surface area contributed by atoms with Gasteiger partial charge in [-0.2, -0.15) is 0 Å². The van der Waals surface area contributed by atoms with E-state index in [2.05, 4.69) is 31.1 Å². The second-order valence-corrected chi connectivity index (χ2v) is 3.73. The Bertz CT molecular complexity index is 114. The first kappa shape index (κ1) is 9.01. The van der Waals surface area contributed by atoms with Gasteiger partial charge in [-0.05, 0) is 32.5 Å². The minimum Gasteiger partial charge on any atom is -0.315 e. The third kappa shape index (κ3) is 2.46. The lowest BCUT2D eigenvalue weighted by Crippen LogP contribution is -2.46. The Morgan fingerprint density at radius 1 is 1.45 bits per heavy atom. The Hall–Kier alpha value is -0.0800. The molecule has 1 heterocycles. The van der Waals surface area contributed by atoms with E-state index < -0.39 is 0 Å². The second-order valence-electron chi connectivity index (χ2n) is 3.73. The van der Waals surface area contributed by atoms with Crippen LogP contribution < -0.4 is 5.32 Å². The number of hydrogen-bond donors (Lipinski definition) is 1. The number of likely N-dealkylation sites (N-methyl/N-ethyl adjacent to an activating group) is 1. The first-order chi connectivity index (χ1) is 5.24. The van der Waals surface area contributed by atoms with Gasteiger partial charge < -0.3 is 10.2 Å². The molecule has 2 unspecified atom stereocenters. The lowest BCUT2D eigenvalue weighted by molar-refractivity contribution is 0.184. The minimum atomic E-state index is 0.767. The molecule has 2 atom stereocenters. The maximum atomic E-state index is 3.46. The van der Waals surface area contributed by atoms with Crippen LogP contribution in [-0.2, 0) is 0 Å². The topological polar surface area (TPSA) is 15.3 Å². The van der Waals surface area contributed by atoms with Crippen LogP contribution in [-0.4, -0.2) is 37.6 Å². The van der Waals surface area contributed by atoms with E-state index in [-0.39, 0.29) is 0 Å². The van der Waals surface area contributed by atoms with Gasteiger partial charge >= 0.3 is 0 Å². The number of hydrogen-bond acceptors (Lipinski definition) is 2. The molecule has 11 heavy (non-hydrogen) atoms. The molecular formula is C9H20N2. The molecule has 2 nitrogen and oxygen atoms in total. The van der Waals surface area contributed by atoms with Gasteiger partial charge in [-0.25, -0.2) is 0 Å². The van der Waals surface area contributed by atoms with Crippen molar-refractivity contribution in [3.63, 3.8) is 0 Å². The zero-order chi connectivity index (χ0) is 8.27. The molecule has 1 aliphatic rings. The largest absolute Gasteiger partial charge is 0.315 e. The van der Waals surface area contributed by atoms with Crippen molar-refractivity contribution in [1.82, 2.24) is 10.2 Å². The number of rotatable bonds is 2. The molecule has 1 N–H and O–H groups in total. The van der Waals surface area contributed by atoms with Crippen LogP contribution in [0.4, 0.5) is 0 Å². The molecule has 0 amide bonds. The van der Waals surface area contributed by atoms with Crippen molar-refractivity contribution in [2.24, 2.45) is 5.92 Å². The van der Waals surface area contributed by atoms with Crippen molar-refractivity contribution in [1.29, 1.82) is 0 Å². The third-order valence-corrected chi connectivity index (χ3v) is 2.67. The maximum Gasteiger partial charge on any atom is 0.0220 e. The van der Waals surface area contributed by atoms with Crippen molar-refractivity contribution in [2.45, 2.75) is 26.3 Å². The fraction of sp³-hybridized carbons (Fsp3) is 1.00. The van der Waals surface area contributed by atoms with Crippen LogP contribution in [0.1, 0.15) is 20.3 Å². The first-order valence-corrected chi connectivity index (χ1v) is 4.65. The quantitative estimate of drug-likeness (QED) is 0.640. The zero-order valence-electron chi connectivity index (χ0n) is 7.93. The molecule has 1 fully saturated rings. The van der Waals surface area contributed by atoms with Gasteiger partial charge in [0.25, 0.3) is 0 Å². The zero-order valence-corrected chi connectivity index (χ0v) is 7.93. The summed E-state index contributed by atoms with van der Waals surface area (Å²) < 4.78 is 0. The molecule has 0 aromatic rings. The monoisotopic (exact) mass is 156 g/mol. The van der Waals surface area contributed by atoms with Gasteiger partial charge in [0.1, 0.15) is 0 Å². The summed E-state index contributed by atoms with van der Waals surface area (Å²) in [6.07, 6.45) is 1.36. The predicted molar refractivity (Wildman–Crippen MR) is 48.7 cm³/mol.